The van der Waals surface area contributed by atoms with Crippen LogP contribution in [-0.4, -0.2) is 54.0 Å². The van der Waals surface area contributed by atoms with E-state index in [9.17, 15) is 15.0 Å². The van der Waals surface area contributed by atoms with Crippen molar-refractivity contribution in [1.29, 1.82) is 0 Å². The Hall–Kier alpha value is -2.94. The number of rotatable bonds is 3. The van der Waals surface area contributed by atoms with E-state index in [1.165, 1.54) is 7.05 Å². The lowest BCUT2D eigenvalue weighted by Crippen LogP contribution is -2.24. The molecule has 142 valence electrons. The van der Waals surface area contributed by atoms with Crippen molar-refractivity contribution in [2.75, 3.05) is 11.9 Å². The molecule has 3 aromatic heterocycles. The van der Waals surface area contributed by atoms with E-state index in [1.54, 1.807) is 27.8 Å². The summed E-state index contributed by atoms with van der Waals surface area (Å²) >= 11 is 0. The van der Waals surface area contributed by atoms with Gasteiger partial charge in [0.1, 0.15) is 11.5 Å². The average molecular weight is 370 g/mol. The third-order valence-electron chi connectivity index (χ3n) is 5.23. The molecule has 0 aliphatic heterocycles. The molecular weight excluding hydrogens is 348 g/mol. The van der Waals surface area contributed by atoms with Crippen LogP contribution in [0.3, 0.4) is 0 Å². The van der Waals surface area contributed by atoms with Crippen LogP contribution in [0.4, 0.5) is 10.6 Å². The third-order valence-corrected chi connectivity index (χ3v) is 5.23. The molecule has 1 amide bonds. The molecular formula is C18H22N6O3. The highest BCUT2D eigenvalue weighted by Gasteiger charge is 2.27. The van der Waals surface area contributed by atoms with Crippen LogP contribution >= 0.6 is 0 Å². The van der Waals surface area contributed by atoms with E-state index < -0.39 is 6.09 Å². The molecule has 0 bridgehead atoms. The maximum absolute atomic E-state index is 11.3. The van der Waals surface area contributed by atoms with Gasteiger partial charge in [0.15, 0.2) is 0 Å². The van der Waals surface area contributed by atoms with Gasteiger partial charge in [0.2, 0.25) is 0 Å². The maximum atomic E-state index is 11.3. The fraction of sp³-hybridized carbons (Fsp3) is 0.444. The van der Waals surface area contributed by atoms with Gasteiger partial charge in [-0.2, -0.15) is 10.2 Å². The number of carboxylic acid groups (broad SMARTS) is 1. The maximum Gasteiger partial charge on any atom is 0.412 e. The zero-order valence-corrected chi connectivity index (χ0v) is 15.3. The molecule has 9 nitrogen and oxygen atoms in total. The lowest BCUT2D eigenvalue weighted by Gasteiger charge is -2.24. The predicted molar refractivity (Wildman–Crippen MR) is 99.3 cm³/mol. The van der Waals surface area contributed by atoms with Gasteiger partial charge in [-0.3, -0.25) is 9.58 Å². The Balaban J connectivity index is 1.86. The number of nitrogens with zero attached hydrogens (tertiary/aromatic N) is 6. The summed E-state index contributed by atoms with van der Waals surface area (Å²) in [7, 11) is 3.31. The Morgan fingerprint density at radius 1 is 1.26 bits per heavy atom. The summed E-state index contributed by atoms with van der Waals surface area (Å²) in [6, 6.07) is 1.78. The van der Waals surface area contributed by atoms with Gasteiger partial charge in [-0.05, 0) is 31.7 Å². The molecule has 27 heavy (non-hydrogen) atoms. The Labute approximate surface area is 155 Å². The second-order valence-electron chi connectivity index (χ2n) is 7.08. The van der Waals surface area contributed by atoms with Gasteiger partial charge < -0.3 is 10.2 Å². The monoisotopic (exact) mass is 370 g/mol. The number of amides is 1. The van der Waals surface area contributed by atoms with Crippen LogP contribution in [0.1, 0.15) is 37.3 Å². The van der Waals surface area contributed by atoms with Gasteiger partial charge in [0.25, 0.3) is 0 Å². The lowest BCUT2D eigenvalue weighted by molar-refractivity contribution is 0.122. The molecule has 0 radical (unpaired) electrons. The van der Waals surface area contributed by atoms with Crippen molar-refractivity contribution in [2.24, 2.45) is 7.05 Å². The van der Waals surface area contributed by atoms with Crippen molar-refractivity contribution in [3.63, 3.8) is 0 Å². The minimum atomic E-state index is -1.07. The van der Waals surface area contributed by atoms with Gasteiger partial charge in [-0.15, -0.1) is 0 Å². The second kappa shape index (κ2) is 6.66. The van der Waals surface area contributed by atoms with Crippen molar-refractivity contribution in [2.45, 2.75) is 37.7 Å². The van der Waals surface area contributed by atoms with Crippen LogP contribution in [0, 0.1) is 0 Å². The fourth-order valence-electron chi connectivity index (χ4n) is 3.67. The molecule has 2 N–H and O–H groups in total. The summed E-state index contributed by atoms with van der Waals surface area (Å²) in [5.74, 6) is 0.581. The van der Waals surface area contributed by atoms with Crippen LogP contribution in [0.2, 0.25) is 0 Å². The molecule has 3 aromatic rings. The van der Waals surface area contributed by atoms with Crippen molar-refractivity contribution in [3.05, 3.63) is 30.4 Å². The number of carbonyl (C=O) groups is 1. The smallest absolute Gasteiger partial charge is 0.412 e. The molecule has 9 heteroatoms. The number of aliphatic hydroxyl groups is 1. The van der Waals surface area contributed by atoms with E-state index in [0.717, 1.165) is 52.9 Å². The molecule has 1 fully saturated rings. The number of aromatic nitrogens is 5. The first-order valence-corrected chi connectivity index (χ1v) is 8.96. The number of anilines is 1. The van der Waals surface area contributed by atoms with Crippen molar-refractivity contribution < 1.29 is 15.0 Å². The Morgan fingerprint density at radius 3 is 2.63 bits per heavy atom. The van der Waals surface area contributed by atoms with E-state index in [2.05, 4.69) is 10.1 Å². The highest BCUT2D eigenvalue weighted by Crippen LogP contribution is 2.37. The summed E-state index contributed by atoms with van der Waals surface area (Å²) in [5.41, 5.74) is 2.56. The van der Waals surface area contributed by atoms with Crippen molar-refractivity contribution >= 4 is 22.8 Å². The molecule has 0 spiro atoms. The van der Waals surface area contributed by atoms with Crippen molar-refractivity contribution in [1.82, 2.24) is 24.5 Å². The van der Waals surface area contributed by atoms with Gasteiger partial charge in [0, 0.05) is 25.4 Å². The topological polar surface area (TPSA) is 109 Å². The van der Waals surface area contributed by atoms with Crippen LogP contribution in [-0.2, 0) is 7.05 Å². The highest BCUT2D eigenvalue weighted by atomic mass is 16.4. The van der Waals surface area contributed by atoms with E-state index in [0.29, 0.717) is 5.82 Å². The minimum Gasteiger partial charge on any atom is -0.465 e. The molecule has 0 atom stereocenters. The number of aryl methyl sites for hydroxylation is 1. The van der Waals surface area contributed by atoms with Gasteiger partial charge in [0.05, 0.1) is 35.9 Å². The summed E-state index contributed by atoms with van der Waals surface area (Å²) < 4.78 is 3.51. The summed E-state index contributed by atoms with van der Waals surface area (Å²) in [6.45, 7) is 0. The van der Waals surface area contributed by atoms with E-state index >= 15 is 0 Å². The number of pyridine rings is 1. The molecule has 1 aliphatic rings. The Bertz CT molecular complexity index is 986. The molecule has 1 aliphatic carbocycles. The molecule has 4 rings (SSSR count). The lowest BCUT2D eigenvalue weighted by atomic mass is 9.84. The highest BCUT2D eigenvalue weighted by molar-refractivity contribution is 5.90. The summed E-state index contributed by atoms with van der Waals surface area (Å²) in [5, 5.41) is 29.0. The van der Waals surface area contributed by atoms with Gasteiger partial charge in [-0.25, -0.2) is 14.5 Å². The third kappa shape index (κ3) is 3.14. The first-order valence-electron chi connectivity index (χ1n) is 8.96. The molecule has 0 saturated heterocycles. The van der Waals surface area contributed by atoms with Crippen LogP contribution in [0.5, 0.6) is 0 Å². The predicted octanol–water partition coefficient (Wildman–Crippen LogP) is 2.29. The van der Waals surface area contributed by atoms with E-state index in [-0.39, 0.29) is 12.0 Å². The SMILES string of the molecule is CN(C(=O)O)c1cc2c(cn1)n(-c1cnn(C)c1)nc2[C@H]1CC[C@@H](O)CC1. The summed E-state index contributed by atoms with van der Waals surface area (Å²) in [4.78, 5) is 16.7. The van der Waals surface area contributed by atoms with Gasteiger partial charge >= 0.3 is 6.09 Å². The largest absolute Gasteiger partial charge is 0.465 e. The number of aliphatic hydroxyl groups excluding tert-OH is 1. The molecule has 3 heterocycles. The zero-order valence-electron chi connectivity index (χ0n) is 15.3. The second-order valence-corrected chi connectivity index (χ2v) is 7.08. The molecule has 1 saturated carbocycles. The first kappa shape index (κ1) is 17.5. The van der Waals surface area contributed by atoms with E-state index in [1.807, 2.05) is 13.2 Å². The van der Waals surface area contributed by atoms with Crippen LogP contribution in [0.25, 0.3) is 16.6 Å². The summed E-state index contributed by atoms with van der Waals surface area (Å²) in [6.07, 6.45) is 7.16. The number of hydrogen-bond acceptors (Lipinski definition) is 5. The quantitative estimate of drug-likeness (QED) is 0.732. The van der Waals surface area contributed by atoms with Crippen LogP contribution < -0.4 is 4.90 Å². The van der Waals surface area contributed by atoms with E-state index in [4.69, 9.17) is 5.10 Å². The zero-order chi connectivity index (χ0) is 19.1. The number of fused-ring (bicyclic) bond motifs is 1. The molecule has 0 aromatic carbocycles. The fourth-order valence-corrected chi connectivity index (χ4v) is 3.67. The number of hydrogen-bond donors (Lipinski definition) is 2. The Kier molecular flexibility index (Phi) is 4.31. The average Bonchev–Trinajstić information content (AvgIpc) is 3.24. The minimum absolute atomic E-state index is 0.221. The molecule has 0 unspecified atom stereocenters. The van der Waals surface area contributed by atoms with Gasteiger partial charge in [-0.1, -0.05) is 0 Å². The standard InChI is InChI=1S/C18H22N6O3/c1-22-10-12(8-20-22)24-15-9-19-16(23(2)18(26)27)7-14(15)17(21-24)11-3-5-13(25)6-4-11/h7-11,13,25H,3-6H2,1-2H3,(H,26,27)/t11-,13+. The Morgan fingerprint density at radius 2 is 2.00 bits per heavy atom. The van der Waals surface area contributed by atoms with Crippen molar-refractivity contribution in [3.8, 4) is 5.69 Å². The van der Waals surface area contributed by atoms with Crippen LogP contribution in [0.15, 0.2) is 24.7 Å². The normalized spacial score (nSPS) is 20.1. The first-order chi connectivity index (χ1) is 12.9.